The highest BCUT2D eigenvalue weighted by Gasteiger charge is 2.23. The topological polar surface area (TPSA) is 70.7 Å². The van der Waals surface area contributed by atoms with Gasteiger partial charge in [-0.05, 0) is 52.4 Å². The predicted octanol–water partition coefficient (Wildman–Crippen LogP) is 2.47. The van der Waals surface area contributed by atoms with Gasteiger partial charge in [0.2, 0.25) is 0 Å². The number of H-pyrrole nitrogens is 1. The fourth-order valence-corrected chi connectivity index (χ4v) is 3.37. The summed E-state index contributed by atoms with van der Waals surface area (Å²) in [5.74, 6) is 0.779. The molecule has 3 aromatic rings. The van der Waals surface area contributed by atoms with Gasteiger partial charge in [-0.2, -0.15) is 0 Å². The van der Waals surface area contributed by atoms with Gasteiger partial charge in [-0.25, -0.2) is 9.97 Å². The first kappa shape index (κ1) is 11.8. The third-order valence-electron chi connectivity index (χ3n) is 3.37. The number of carbonyl (C=O) groups excluding carboxylic acids is 1. The molecule has 6 heteroatoms. The molecule has 1 amide bonds. The Hall–Kier alpha value is -1.96. The van der Waals surface area contributed by atoms with E-state index in [9.17, 15) is 4.79 Å². The molecule has 0 radical (unpaired) electrons. The molecular formula is C14H9IN4O. The normalized spacial score (nSPS) is 13.6. The standard InChI is InChI=1S/C14H9IN4O/c15-9-5-7(4-8-6-17-14(20)11(8)9)12-18-10-2-1-3-16-13(10)19-12/h1-5H,6H2,(H,17,20)(H,16,18,19). The molecule has 0 fully saturated rings. The lowest BCUT2D eigenvalue weighted by Crippen LogP contribution is -2.13. The van der Waals surface area contributed by atoms with Crippen molar-refractivity contribution in [3.8, 4) is 11.4 Å². The average molecular weight is 376 g/mol. The van der Waals surface area contributed by atoms with Gasteiger partial charge >= 0.3 is 0 Å². The molecular weight excluding hydrogens is 367 g/mol. The molecule has 1 aliphatic heterocycles. The minimum Gasteiger partial charge on any atom is -0.348 e. The van der Waals surface area contributed by atoms with E-state index >= 15 is 0 Å². The fraction of sp³-hybridized carbons (Fsp3) is 0.0714. The molecule has 2 N–H and O–H groups in total. The molecule has 3 heterocycles. The van der Waals surface area contributed by atoms with E-state index < -0.39 is 0 Å². The maximum absolute atomic E-state index is 11.7. The van der Waals surface area contributed by atoms with Crippen molar-refractivity contribution in [2.24, 2.45) is 0 Å². The second kappa shape index (κ2) is 4.27. The molecule has 0 aliphatic carbocycles. The Kier molecular flexibility index (Phi) is 2.53. The molecule has 0 saturated carbocycles. The van der Waals surface area contributed by atoms with Crippen molar-refractivity contribution >= 4 is 39.7 Å². The van der Waals surface area contributed by atoms with Crippen LogP contribution >= 0.6 is 22.6 Å². The minimum absolute atomic E-state index is 0.00206. The van der Waals surface area contributed by atoms with Crippen LogP contribution in [-0.4, -0.2) is 20.9 Å². The molecule has 5 nitrogen and oxygen atoms in total. The monoisotopic (exact) mass is 376 g/mol. The highest BCUT2D eigenvalue weighted by molar-refractivity contribution is 14.1. The van der Waals surface area contributed by atoms with Crippen molar-refractivity contribution in [3.63, 3.8) is 0 Å². The highest BCUT2D eigenvalue weighted by Crippen LogP contribution is 2.28. The van der Waals surface area contributed by atoms with Gasteiger partial charge in [-0.1, -0.05) is 0 Å². The lowest BCUT2D eigenvalue weighted by atomic mass is 10.1. The Bertz CT molecular complexity index is 823. The number of imidazole rings is 1. The van der Waals surface area contributed by atoms with Crippen LogP contribution in [0.1, 0.15) is 15.9 Å². The zero-order chi connectivity index (χ0) is 13.7. The van der Waals surface area contributed by atoms with Gasteiger partial charge in [0.15, 0.2) is 5.65 Å². The van der Waals surface area contributed by atoms with Crippen LogP contribution in [0.3, 0.4) is 0 Å². The number of hydrogen-bond acceptors (Lipinski definition) is 3. The van der Waals surface area contributed by atoms with Crippen LogP contribution in [0.15, 0.2) is 30.5 Å². The van der Waals surface area contributed by atoms with Gasteiger partial charge in [0.1, 0.15) is 11.3 Å². The Morgan fingerprint density at radius 2 is 2.20 bits per heavy atom. The Morgan fingerprint density at radius 1 is 1.30 bits per heavy atom. The molecule has 0 saturated heterocycles. The van der Waals surface area contributed by atoms with Crippen molar-refractivity contribution in [1.82, 2.24) is 20.3 Å². The zero-order valence-corrected chi connectivity index (χ0v) is 12.4. The molecule has 0 unspecified atom stereocenters. The summed E-state index contributed by atoms with van der Waals surface area (Å²) >= 11 is 2.19. The average Bonchev–Trinajstić information content (AvgIpc) is 3.02. The van der Waals surface area contributed by atoms with Gasteiger partial charge < -0.3 is 10.3 Å². The van der Waals surface area contributed by atoms with Gasteiger partial charge in [0, 0.05) is 21.9 Å². The molecule has 98 valence electrons. The quantitative estimate of drug-likeness (QED) is 0.641. The van der Waals surface area contributed by atoms with E-state index in [4.69, 9.17) is 0 Å². The van der Waals surface area contributed by atoms with Crippen molar-refractivity contribution in [3.05, 3.63) is 45.2 Å². The second-order valence-corrected chi connectivity index (χ2v) is 5.79. The summed E-state index contributed by atoms with van der Waals surface area (Å²) in [4.78, 5) is 23.7. The SMILES string of the molecule is O=C1NCc2cc(-c3nc4cccnc4[nH]3)cc(I)c21. The Labute approximate surface area is 128 Å². The number of pyridine rings is 1. The van der Waals surface area contributed by atoms with E-state index in [0.717, 1.165) is 37.2 Å². The maximum Gasteiger partial charge on any atom is 0.252 e. The van der Waals surface area contributed by atoms with Crippen molar-refractivity contribution < 1.29 is 4.79 Å². The van der Waals surface area contributed by atoms with Crippen LogP contribution in [0.5, 0.6) is 0 Å². The van der Waals surface area contributed by atoms with E-state index in [-0.39, 0.29) is 5.91 Å². The molecule has 20 heavy (non-hydrogen) atoms. The fourth-order valence-electron chi connectivity index (χ4n) is 2.44. The van der Waals surface area contributed by atoms with Crippen LogP contribution in [0.25, 0.3) is 22.6 Å². The molecule has 1 aromatic carbocycles. The third kappa shape index (κ3) is 1.71. The molecule has 4 rings (SSSR count). The number of amides is 1. The summed E-state index contributed by atoms with van der Waals surface area (Å²) in [6.45, 7) is 0.580. The number of benzene rings is 1. The second-order valence-electron chi connectivity index (χ2n) is 4.63. The maximum atomic E-state index is 11.7. The van der Waals surface area contributed by atoms with Crippen molar-refractivity contribution in [2.75, 3.05) is 0 Å². The number of rotatable bonds is 1. The predicted molar refractivity (Wildman–Crippen MR) is 83.2 cm³/mol. The third-order valence-corrected chi connectivity index (χ3v) is 4.22. The first-order chi connectivity index (χ1) is 9.72. The van der Waals surface area contributed by atoms with Crippen LogP contribution < -0.4 is 5.32 Å². The lowest BCUT2D eigenvalue weighted by Gasteiger charge is -2.03. The molecule has 0 spiro atoms. The van der Waals surface area contributed by atoms with E-state index in [1.807, 2.05) is 24.3 Å². The van der Waals surface area contributed by atoms with Crippen LogP contribution in [0.4, 0.5) is 0 Å². The number of nitrogens with zero attached hydrogens (tertiary/aromatic N) is 2. The summed E-state index contributed by atoms with van der Waals surface area (Å²) in [5.41, 5.74) is 4.39. The smallest absolute Gasteiger partial charge is 0.252 e. The minimum atomic E-state index is 0.00206. The lowest BCUT2D eigenvalue weighted by molar-refractivity contribution is 0.0965. The van der Waals surface area contributed by atoms with Crippen molar-refractivity contribution in [2.45, 2.75) is 6.54 Å². The summed E-state index contributed by atoms with van der Waals surface area (Å²) in [7, 11) is 0. The zero-order valence-electron chi connectivity index (χ0n) is 10.3. The largest absolute Gasteiger partial charge is 0.348 e. The number of fused-ring (bicyclic) bond motifs is 2. The summed E-state index contributed by atoms with van der Waals surface area (Å²) < 4.78 is 0.943. The Balaban J connectivity index is 1.90. The summed E-state index contributed by atoms with van der Waals surface area (Å²) in [6.07, 6.45) is 1.74. The highest BCUT2D eigenvalue weighted by atomic mass is 127. The molecule has 0 bridgehead atoms. The van der Waals surface area contributed by atoms with Gasteiger partial charge in [-0.15, -0.1) is 0 Å². The van der Waals surface area contributed by atoms with E-state index in [2.05, 4.69) is 42.9 Å². The van der Waals surface area contributed by atoms with Crippen LogP contribution in [0.2, 0.25) is 0 Å². The summed E-state index contributed by atoms with van der Waals surface area (Å²) in [6, 6.07) is 7.77. The number of aromatic amines is 1. The summed E-state index contributed by atoms with van der Waals surface area (Å²) in [5, 5.41) is 2.84. The Morgan fingerprint density at radius 3 is 3.05 bits per heavy atom. The molecule has 0 atom stereocenters. The number of halogens is 1. The van der Waals surface area contributed by atoms with Gasteiger partial charge in [-0.3, -0.25) is 4.79 Å². The van der Waals surface area contributed by atoms with Crippen LogP contribution in [0, 0.1) is 3.57 Å². The van der Waals surface area contributed by atoms with Gasteiger partial charge in [0.25, 0.3) is 5.91 Å². The number of aromatic nitrogens is 3. The first-order valence-electron chi connectivity index (χ1n) is 6.14. The van der Waals surface area contributed by atoms with E-state index in [0.29, 0.717) is 6.54 Å². The van der Waals surface area contributed by atoms with E-state index in [1.54, 1.807) is 6.20 Å². The molecule has 2 aromatic heterocycles. The van der Waals surface area contributed by atoms with Gasteiger partial charge in [0.05, 0.1) is 5.56 Å². The number of nitrogens with one attached hydrogen (secondary N) is 2. The van der Waals surface area contributed by atoms with Crippen LogP contribution in [-0.2, 0) is 6.54 Å². The first-order valence-corrected chi connectivity index (χ1v) is 7.22. The van der Waals surface area contributed by atoms with Crippen molar-refractivity contribution in [1.29, 1.82) is 0 Å². The number of carbonyl (C=O) groups is 1. The molecule has 1 aliphatic rings. The number of hydrogen-bond donors (Lipinski definition) is 2. The van der Waals surface area contributed by atoms with E-state index in [1.165, 1.54) is 0 Å².